The number of halogens is 2. The molecule has 3 amide bonds. The van der Waals surface area contributed by atoms with Crippen LogP contribution in [0.5, 0.6) is 0 Å². The molecule has 1 saturated heterocycles. The number of hydrogen-bond donors (Lipinski definition) is 2. The van der Waals surface area contributed by atoms with E-state index in [1.54, 1.807) is 12.1 Å². The molecule has 0 aliphatic carbocycles. The van der Waals surface area contributed by atoms with Crippen LogP contribution in [-0.4, -0.2) is 29.0 Å². The van der Waals surface area contributed by atoms with Crippen LogP contribution in [0.15, 0.2) is 47.6 Å². The average Bonchev–Trinajstić information content (AvgIpc) is 2.65. The van der Waals surface area contributed by atoms with Gasteiger partial charge in [-0.25, -0.2) is 5.43 Å². The maximum Gasteiger partial charge on any atom is 0.272 e. The summed E-state index contributed by atoms with van der Waals surface area (Å²) in [6.45, 7) is 1.91. The van der Waals surface area contributed by atoms with Gasteiger partial charge in [-0.05, 0) is 49.5 Å². The van der Waals surface area contributed by atoms with E-state index in [1.807, 2.05) is 19.1 Å². The Morgan fingerprint density at radius 3 is 2.55 bits per heavy atom. The normalized spacial score (nSPS) is 16.9. The van der Waals surface area contributed by atoms with E-state index in [4.69, 9.17) is 35.4 Å². The fourth-order valence-corrected chi connectivity index (χ4v) is 3.35. The third kappa shape index (κ3) is 4.61. The fourth-order valence-electron chi connectivity index (χ4n) is 2.56. The lowest BCUT2D eigenvalue weighted by atomic mass is 10.1. The van der Waals surface area contributed by atoms with Crippen LogP contribution >= 0.6 is 35.4 Å². The third-order valence-corrected chi connectivity index (χ3v) is 4.89. The maximum atomic E-state index is 12.8. The molecule has 29 heavy (non-hydrogen) atoms. The molecular formula is C19H14Cl2N4O3S. The molecular weight excluding hydrogens is 435 g/mol. The second-order valence-electron chi connectivity index (χ2n) is 6.12. The Kier molecular flexibility index (Phi) is 6.26. The molecule has 148 valence electrons. The number of nitrogens with one attached hydrogen (secondary N) is 2. The molecule has 2 aromatic carbocycles. The molecule has 1 aliphatic heterocycles. The predicted octanol–water partition coefficient (Wildman–Crippen LogP) is 3.08. The Labute approximate surface area is 181 Å². The number of carbonyl (C=O) groups excluding carboxylic acids is 3. The van der Waals surface area contributed by atoms with Crippen molar-refractivity contribution in [2.24, 2.45) is 11.0 Å². The quantitative estimate of drug-likeness (QED) is 0.325. The van der Waals surface area contributed by atoms with Crippen LogP contribution in [0.25, 0.3) is 0 Å². The first-order valence-corrected chi connectivity index (χ1v) is 9.48. The number of amides is 3. The lowest BCUT2D eigenvalue weighted by Crippen LogP contribution is -2.58. The molecule has 0 unspecified atom stereocenters. The Hall–Kier alpha value is -2.81. The van der Waals surface area contributed by atoms with E-state index < -0.39 is 23.6 Å². The monoisotopic (exact) mass is 448 g/mol. The number of carbonyl (C=O) groups is 3. The molecule has 0 spiro atoms. The summed E-state index contributed by atoms with van der Waals surface area (Å²) in [4.78, 5) is 38.4. The molecule has 1 aliphatic rings. The summed E-state index contributed by atoms with van der Waals surface area (Å²) in [6.07, 6.45) is 1.04. The van der Waals surface area contributed by atoms with Gasteiger partial charge in [0.05, 0.1) is 16.3 Å². The average molecular weight is 449 g/mol. The van der Waals surface area contributed by atoms with E-state index >= 15 is 0 Å². The largest absolute Gasteiger partial charge is 0.301 e. The van der Waals surface area contributed by atoms with Crippen molar-refractivity contribution in [3.05, 3.63) is 63.6 Å². The summed E-state index contributed by atoms with van der Waals surface area (Å²) >= 11 is 16.9. The minimum Gasteiger partial charge on any atom is -0.301 e. The van der Waals surface area contributed by atoms with Crippen LogP contribution in [0.4, 0.5) is 5.69 Å². The van der Waals surface area contributed by atoms with Crippen molar-refractivity contribution in [1.82, 2.24) is 10.7 Å². The second-order valence-corrected chi connectivity index (χ2v) is 7.35. The SMILES string of the molecule is Cc1ccc(N2C(=O)[C@H](/C=N/NC(=O)c3ccc(Cl)cc3Cl)C(=O)NC2=S)cc1. The molecule has 0 bridgehead atoms. The van der Waals surface area contributed by atoms with Gasteiger partial charge in [0, 0.05) is 11.2 Å². The van der Waals surface area contributed by atoms with E-state index in [0.717, 1.165) is 11.8 Å². The van der Waals surface area contributed by atoms with Gasteiger partial charge >= 0.3 is 0 Å². The maximum absolute atomic E-state index is 12.8. The number of benzene rings is 2. The van der Waals surface area contributed by atoms with E-state index in [0.29, 0.717) is 10.7 Å². The van der Waals surface area contributed by atoms with Crippen molar-refractivity contribution in [1.29, 1.82) is 0 Å². The van der Waals surface area contributed by atoms with Crippen molar-refractivity contribution in [3.63, 3.8) is 0 Å². The molecule has 1 atom stereocenters. The smallest absolute Gasteiger partial charge is 0.272 e. The molecule has 0 radical (unpaired) electrons. The number of rotatable bonds is 4. The van der Waals surface area contributed by atoms with Gasteiger partial charge in [-0.3, -0.25) is 19.3 Å². The highest BCUT2D eigenvalue weighted by Gasteiger charge is 2.38. The summed E-state index contributed by atoms with van der Waals surface area (Å²) in [5.41, 5.74) is 3.91. The van der Waals surface area contributed by atoms with Crippen molar-refractivity contribution in [2.45, 2.75) is 6.92 Å². The first-order valence-electron chi connectivity index (χ1n) is 8.32. The lowest BCUT2D eigenvalue weighted by molar-refractivity contribution is -0.130. The van der Waals surface area contributed by atoms with Crippen LogP contribution in [0.3, 0.4) is 0 Å². The van der Waals surface area contributed by atoms with Gasteiger partial charge in [0.25, 0.3) is 11.8 Å². The van der Waals surface area contributed by atoms with Crippen LogP contribution in [-0.2, 0) is 9.59 Å². The predicted molar refractivity (Wildman–Crippen MR) is 115 cm³/mol. The third-order valence-electron chi connectivity index (χ3n) is 4.06. The highest BCUT2D eigenvalue weighted by molar-refractivity contribution is 7.80. The van der Waals surface area contributed by atoms with Crippen molar-refractivity contribution < 1.29 is 14.4 Å². The Bertz CT molecular complexity index is 1040. The number of hydrogen-bond acceptors (Lipinski definition) is 5. The highest BCUT2D eigenvalue weighted by Crippen LogP contribution is 2.22. The molecule has 0 aromatic heterocycles. The minimum absolute atomic E-state index is 0.0227. The molecule has 10 heteroatoms. The number of anilines is 1. The van der Waals surface area contributed by atoms with Gasteiger partial charge in [-0.15, -0.1) is 0 Å². The first kappa shape index (κ1) is 20.9. The minimum atomic E-state index is -1.26. The number of nitrogens with zero attached hydrogens (tertiary/aromatic N) is 2. The summed E-state index contributed by atoms with van der Waals surface area (Å²) in [7, 11) is 0. The number of aryl methyl sites for hydroxylation is 1. The molecule has 2 N–H and O–H groups in total. The lowest BCUT2D eigenvalue weighted by Gasteiger charge is -2.30. The number of hydrazone groups is 1. The molecule has 0 saturated carbocycles. The Morgan fingerprint density at radius 2 is 1.90 bits per heavy atom. The summed E-state index contributed by atoms with van der Waals surface area (Å²) in [6, 6.07) is 11.4. The van der Waals surface area contributed by atoms with Gasteiger partial charge in [0.15, 0.2) is 11.0 Å². The van der Waals surface area contributed by atoms with Crippen molar-refractivity contribution in [2.75, 3.05) is 4.90 Å². The van der Waals surface area contributed by atoms with Gasteiger partial charge in [0.2, 0.25) is 5.91 Å². The van der Waals surface area contributed by atoms with Crippen molar-refractivity contribution in [3.8, 4) is 0 Å². The van der Waals surface area contributed by atoms with Gasteiger partial charge in [0.1, 0.15) is 0 Å². The van der Waals surface area contributed by atoms with Crippen LogP contribution in [0.2, 0.25) is 10.0 Å². The molecule has 2 aromatic rings. The van der Waals surface area contributed by atoms with E-state index in [2.05, 4.69) is 15.8 Å². The van der Waals surface area contributed by atoms with E-state index in [9.17, 15) is 14.4 Å². The van der Waals surface area contributed by atoms with Crippen LogP contribution in [0.1, 0.15) is 15.9 Å². The topological polar surface area (TPSA) is 90.9 Å². The second kappa shape index (κ2) is 8.69. The molecule has 3 rings (SSSR count). The zero-order valence-corrected chi connectivity index (χ0v) is 17.3. The van der Waals surface area contributed by atoms with Gasteiger partial charge in [-0.1, -0.05) is 40.9 Å². The standard InChI is InChI=1S/C19H14Cl2N4O3S/c1-10-2-5-12(6-3-10)25-18(28)14(16(26)23-19(25)29)9-22-24-17(27)13-7-4-11(20)8-15(13)21/h2-9,14H,1H3,(H,24,27)(H,23,26,29)/b22-9+/t14-/m1/s1. The summed E-state index contributed by atoms with van der Waals surface area (Å²) in [5, 5.41) is 6.71. The van der Waals surface area contributed by atoms with E-state index in [-0.39, 0.29) is 15.7 Å². The number of thiocarbonyl (C=S) groups is 1. The summed E-state index contributed by atoms with van der Waals surface area (Å²) in [5.74, 6) is -3.09. The molecule has 1 fully saturated rings. The van der Waals surface area contributed by atoms with Gasteiger partial charge < -0.3 is 5.32 Å². The van der Waals surface area contributed by atoms with E-state index in [1.165, 1.54) is 23.1 Å². The van der Waals surface area contributed by atoms with Crippen LogP contribution < -0.4 is 15.6 Å². The van der Waals surface area contributed by atoms with Crippen LogP contribution in [0, 0.1) is 12.8 Å². The summed E-state index contributed by atoms with van der Waals surface area (Å²) < 4.78 is 0. The zero-order chi connectivity index (χ0) is 21.1. The first-order chi connectivity index (χ1) is 13.8. The highest BCUT2D eigenvalue weighted by atomic mass is 35.5. The molecule has 7 nitrogen and oxygen atoms in total. The Balaban J connectivity index is 1.75. The van der Waals surface area contributed by atoms with Gasteiger partial charge in [-0.2, -0.15) is 5.10 Å². The zero-order valence-electron chi connectivity index (χ0n) is 15.0. The molecule has 1 heterocycles. The fraction of sp³-hybridized carbons (Fsp3) is 0.105. The Morgan fingerprint density at radius 1 is 1.21 bits per heavy atom. The van der Waals surface area contributed by atoms with Crippen molar-refractivity contribution >= 4 is 70.2 Å².